The van der Waals surface area contributed by atoms with E-state index in [4.69, 9.17) is 0 Å². The van der Waals surface area contributed by atoms with Crippen LogP contribution in [0.4, 0.5) is 0 Å². The van der Waals surface area contributed by atoms with E-state index in [2.05, 4.69) is 20.8 Å². The summed E-state index contributed by atoms with van der Waals surface area (Å²) < 4.78 is 0. The minimum atomic E-state index is 0.975. The maximum atomic E-state index is 2.46. The van der Waals surface area contributed by atoms with Gasteiger partial charge in [0, 0.05) is 0 Å². The molecule has 1 aliphatic rings. The first-order valence-corrected chi connectivity index (χ1v) is 7.22. The van der Waals surface area contributed by atoms with Crippen LogP contribution < -0.4 is 0 Å². The SMILES string of the molecule is CCC1CCC(C)CCCCCC(C)C1. The van der Waals surface area contributed by atoms with Crippen molar-refractivity contribution in [3.8, 4) is 0 Å². The van der Waals surface area contributed by atoms with Crippen molar-refractivity contribution in [3.63, 3.8) is 0 Å². The number of rotatable bonds is 1. The Morgan fingerprint density at radius 3 is 2.13 bits per heavy atom. The second-order valence-corrected chi connectivity index (χ2v) is 5.94. The van der Waals surface area contributed by atoms with Crippen LogP contribution in [-0.2, 0) is 0 Å². The van der Waals surface area contributed by atoms with Gasteiger partial charge in [-0.2, -0.15) is 0 Å². The third kappa shape index (κ3) is 5.58. The molecule has 0 aromatic heterocycles. The van der Waals surface area contributed by atoms with E-state index in [0.29, 0.717) is 0 Å². The lowest BCUT2D eigenvalue weighted by Crippen LogP contribution is -2.07. The summed E-state index contributed by atoms with van der Waals surface area (Å²) in [5.41, 5.74) is 0. The molecular weight excluding hydrogens is 180 g/mol. The van der Waals surface area contributed by atoms with E-state index in [-0.39, 0.29) is 0 Å². The van der Waals surface area contributed by atoms with Crippen LogP contribution in [0.3, 0.4) is 0 Å². The third-order valence-corrected chi connectivity index (χ3v) is 4.27. The van der Waals surface area contributed by atoms with Gasteiger partial charge in [0.05, 0.1) is 0 Å². The van der Waals surface area contributed by atoms with Crippen LogP contribution in [0.1, 0.15) is 78.6 Å². The topological polar surface area (TPSA) is 0 Å². The highest BCUT2D eigenvalue weighted by Gasteiger charge is 2.14. The zero-order valence-electron chi connectivity index (χ0n) is 11.1. The Balaban J connectivity index is 2.40. The van der Waals surface area contributed by atoms with Crippen LogP contribution in [0.15, 0.2) is 0 Å². The molecule has 1 rings (SSSR count). The highest BCUT2D eigenvalue weighted by Crippen LogP contribution is 2.28. The Morgan fingerprint density at radius 1 is 0.800 bits per heavy atom. The minimum Gasteiger partial charge on any atom is -0.0651 e. The Bertz CT molecular complexity index is 150. The Kier molecular flexibility index (Phi) is 6.36. The number of hydrogen-bond acceptors (Lipinski definition) is 0. The quantitative estimate of drug-likeness (QED) is 0.542. The molecule has 0 aromatic rings. The van der Waals surface area contributed by atoms with Crippen LogP contribution in [0.2, 0.25) is 0 Å². The molecule has 0 radical (unpaired) electrons. The molecular formula is C15H30. The lowest BCUT2D eigenvalue weighted by atomic mass is 9.86. The molecule has 0 aromatic carbocycles. The molecule has 0 amide bonds. The first-order valence-electron chi connectivity index (χ1n) is 7.22. The standard InChI is InChI=1S/C15H30/c1-4-15-11-10-13(2)8-6-5-7-9-14(3)12-15/h13-15H,4-12H2,1-3H3. The molecule has 3 atom stereocenters. The normalized spacial score (nSPS) is 35.8. The van der Waals surface area contributed by atoms with Gasteiger partial charge in [-0.05, 0) is 24.2 Å². The van der Waals surface area contributed by atoms with Crippen LogP contribution in [0.25, 0.3) is 0 Å². The fourth-order valence-corrected chi connectivity index (χ4v) is 3.00. The molecule has 0 nitrogen and oxygen atoms in total. The first-order chi connectivity index (χ1) is 7.22. The van der Waals surface area contributed by atoms with Crippen molar-refractivity contribution in [2.24, 2.45) is 17.8 Å². The maximum absolute atomic E-state index is 2.46. The van der Waals surface area contributed by atoms with Gasteiger partial charge in [0.15, 0.2) is 0 Å². The lowest BCUT2D eigenvalue weighted by Gasteiger charge is -2.20. The lowest BCUT2D eigenvalue weighted by molar-refractivity contribution is 0.323. The zero-order chi connectivity index (χ0) is 11.1. The first kappa shape index (κ1) is 13.1. The van der Waals surface area contributed by atoms with Gasteiger partial charge < -0.3 is 0 Å². The van der Waals surface area contributed by atoms with Gasteiger partial charge in [0.1, 0.15) is 0 Å². The predicted octanol–water partition coefficient (Wildman–Crippen LogP) is 5.42. The molecule has 0 aliphatic heterocycles. The summed E-state index contributed by atoms with van der Waals surface area (Å²) in [6.45, 7) is 7.29. The molecule has 1 saturated carbocycles. The minimum absolute atomic E-state index is 0.975. The Hall–Kier alpha value is 0. The molecule has 0 N–H and O–H groups in total. The molecule has 3 unspecified atom stereocenters. The molecule has 1 aliphatic carbocycles. The summed E-state index contributed by atoms with van der Waals surface area (Å²) in [4.78, 5) is 0. The average Bonchev–Trinajstić information content (AvgIpc) is 2.25. The van der Waals surface area contributed by atoms with Crippen molar-refractivity contribution in [1.29, 1.82) is 0 Å². The van der Waals surface area contributed by atoms with Crippen LogP contribution in [-0.4, -0.2) is 0 Å². The van der Waals surface area contributed by atoms with E-state index < -0.39 is 0 Å². The summed E-state index contributed by atoms with van der Waals surface area (Å²) in [6, 6.07) is 0. The van der Waals surface area contributed by atoms with Crippen LogP contribution in [0.5, 0.6) is 0 Å². The van der Waals surface area contributed by atoms with Gasteiger partial charge in [-0.3, -0.25) is 0 Å². The van der Waals surface area contributed by atoms with Gasteiger partial charge in [0.2, 0.25) is 0 Å². The Labute approximate surface area is 96.8 Å². The van der Waals surface area contributed by atoms with E-state index in [1.807, 2.05) is 0 Å². The van der Waals surface area contributed by atoms with E-state index >= 15 is 0 Å². The monoisotopic (exact) mass is 210 g/mol. The van der Waals surface area contributed by atoms with E-state index in [9.17, 15) is 0 Å². The molecule has 90 valence electrons. The number of hydrogen-bond donors (Lipinski definition) is 0. The third-order valence-electron chi connectivity index (χ3n) is 4.27. The second kappa shape index (κ2) is 7.30. The summed E-state index contributed by atoms with van der Waals surface area (Å²) >= 11 is 0. The zero-order valence-corrected chi connectivity index (χ0v) is 11.1. The van der Waals surface area contributed by atoms with Gasteiger partial charge in [-0.25, -0.2) is 0 Å². The van der Waals surface area contributed by atoms with Crippen molar-refractivity contribution < 1.29 is 0 Å². The van der Waals surface area contributed by atoms with Crippen molar-refractivity contribution in [2.45, 2.75) is 78.6 Å². The fourth-order valence-electron chi connectivity index (χ4n) is 3.00. The molecule has 15 heavy (non-hydrogen) atoms. The van der Waals surface area contributed by atoms with Gasteiger partial charge >= 0.3 is 0 Å². The molecule has 0 spiro atoms. The Morgan fingerprint density at radius 2 is 1.47 bits per heavy atom. The van der Waals surface area contributed by atoms with Crippen molar-refractivity contribution in [3.05, 3.63) is 0 Å². The van der Waals surface area contributed by atoms with E-state index in [0.717, 1.165) is 17.8 Å². The summed E-state index contributed by atoms with van der Waals surface area (Å²) in [5, 5.41) is 0. The second-order valence-electron chi connectivity index (χ2n) is 5.94. The van der Waals surface area contributed by atoms with Crippen molar-refractivity contribution >= 4 is 0 Å². The predicted molar refractivity (Wildman–Crippen MR) is 69.0 cm³/mol. The molecule has 0 saturated heterocycles. The fraction of sp³-hybridized carbons (Fsp3) is 1.00. The highest BCUT2D eigenvalue weighted by molar-refractivity contribution is 4.67. The average molecular weight is 210 g/mol. The summed E-state index contributed by atoms with van der Waals surface area (Å²) in [5.74, 6) is 2.97. The molecule has 0 bridgehead atoms. The van der Waals surface area contributed by atoms with Crippen LogP contribution >= 0.6 is 0 Å². The molecule has 0 heteroatoms. The van der Waals surface area contributed by atoms with E-state index in [1.165, 1.54) is 57.8 Å². The van der Waals surface area contributed by atoms with Gasteiger partial charge in [0.25, 0.3) is 0 Å². The highest BCUT2D eigenvalue weighted by atomic mass is 14.2. The largest absolute Gasteiger partial charge is 0.0651 e. The molecule has 1 fully saturated rings. The summed E-state index contributed by atoms with van der Waals surface area (Å²) in [7, 11) is 0. The van der Waals surface area contributed by atoms with Crippen LogP contribution in [0, 0.1) is 17.8 Å². The van der Waals surface area contributed by atoms with Crippen molar-refractivity contribution in [2.75, 3.05) is 0 Å². The summed E-state index contributed by atoms with van der Waals surface area (Å²) in [6.07, 6.45) is 13.2. The smallest absolute Gasteiger partial charge is 0.0414 e. The maximum Gasteiger partial charge on any atom is -0.0414 e. The molecule has 0 heterocycles. The van der Waals surface area contributed by atoms with Gasteiger partial charge in [-0.15, -0.1) is 0 Å². The van der Waals surface area contributed by atoms with E-state index in [1.54, 1.807) is 0 Å². The van der Waals surface area contributed by atoms with Gasteiger partial charge in [-0.1, -0.05) is 72.1 Å². The van der Waals surface area contributed by atoms with Crippen molar-refractivity contribution in [1.82, 2.24) is 0 Å².